The highest BCUT2D eigenvalue weighted by molar-refractivity contribution is 7.18. The number of rotatable bonds is 7. The topological polar surface area (TPSA) is 96.8 Å². The van der Waals surface area contributed by atoms with E-state index in [4.69, 9.17) is 4.74 Å². The predicted molar refractivity (Wildman–Crippen MR) is 130 cm³/mol. The summed E-state index contributed by atoms with van der Waals surface area (Å²) in [6.45, 7) is 7.02. The fourth-order valence-corrected chi connectivity index (χ4v) is 4.83. The van der Waals surface area contributed by atoms with Gasteiger partial charge in [-0.3, -0.25) is 19.3 Å². The third-order valence-electron chi connectivity index (χ3n) is 5.34. The molecule has 2 heterocycles. The Morgan fingerprint density at radius 1 is 1.21 bits per heavy atom. The molecule has 1 aromatic heterocycles. The second-order valence-electron chi connectivity index (χ2n) is 7.67. The van der Waals surface area contributed by atoms with Gasteiger partial charge in [0, 0.05) is 12.5 Å². The van der Waals surface area contributed by atoms with Gasteiger partial charge < -0.3 is 9.84 Å². The van der Waals surface area contributed by atoms with Crippen molar-refractivity contribution in [3.63, 3.8) is 0 Å². The molecule has 1 saturated heterocycles. The number of aromatic nitrogens is 1. The molecule has 7 nitrogen and oxygen atoms in total. The van der Waals surface area contributed by atoms with Gasteiger partial charge in [-0.1, -0.05) is 66.5 Å². The van der Waals surface area contributed by atoms with Crippen molar-refractivity contribution >= 4 is 39.7 Å². The minimum absolute atomic E-state index is 0.0608. The number of amides is 1. The summed E-state index contributed by atoms with van der Waals surface area (Å²) >= 11 is 1.04. The molecule has 0 saturated carbocycles. The normalized spacial score (nSPS) is 17.1. The van der Waals surface area contributed by atoms with E-state index in [-0.39, 0.29) is 28.9 Å². The van der Waals surface area contributed by atoms with E-state index >= 15 is 0 Å². The zero-order valence-electron chi connectivity index (χ0n) is 18.6. The first-order chi connectivity index (χ1) is 16.3. The van der Waals surface area contributed by atoms with E-state index in [0.717, 1.165) is 11.3 Å². The minimum atomic E-state index is -0.960. The Kier molecular flexibility index (Phi) is 6.43. The fraction of sp³-hybridized carbons (Fsp3) is 0.154. The Morgan fingerprint density at radius 2 is 1.94 bits per heavy atom. The largest absolute Gasteiger partial charge is 0.507 e. The van der Waals surface area contributed by atoms with Crippen molar-refractivity contribution in [2.24, 2.45) is 0 Å². The number of hydrogen-bond acceptors (Lipinski definition) is 7. The van der Waals surface area contributed by atoms with Crippen LogP contribution in [0.1, 0.15) is 39.5 Å². The molecule has 0 bridgehead atoms. The van der Waals surface area contributed by atoms with E-state index < -0.39 is 17.7 Å². The summed E-state index contributed by atoms with van der Waals surface area (Å²) in [5.74, 6) is -1.62. The molecule has 0 spiro atoms. The van der Waals surface area contributed by atoms with Gasteiger partial charge >= 0.3 is 5.91 Å². The Balaban J connectivity index is 1.93. The van der Waals surface area contributed by atoms with Crippen LogP contribution in [0.3, 0.4) is 0 Å². The molecule has 1 atom stereocenters. The Labute approximate surface area is 200 Å². The molecule has 1 aliphatic heterocycles. The molecule has 2 aromatic carbocycles. The lowest BCUT2D eigenvalue weighted by atomic mass is 9.95. The zero-order chi connectivity index (χ0) is 24.4. The van der Waals surface area contributed by atoms with Crippen LogP contribution >= 0.6 is 11.3 Å². The lowest BCUT2D eigenvalue weighted by Crippen LogP contribution is -2.29. The van der Waals surface area contributed by atoms with Gasteiger partial charge in [0.15, 0.2) is 10.9 Å². The second-order valence-corrected chi connectivity index (χ2v) is 8.65. The molecule has 1 amide bonds. The molecule has 34 heavy (non-hydrogen) atoms. The quantitative estimate of drug-likeness (QED) is 0.173. The first-order valence-corrected chi connectivity index (χ1v) is 11.3. The maximum absolute atomic E-state index is 13.3. The molecule has 3 aromatic rings. The summed E-state index contributed by atoms with van der Waals surface area (Å²) in [6.07, 6.45) is 1.61. The average Bonchev–Trinajstić information content (AvgIpc) is 3.35. The van der Waals surface area contributed by atoms with Crippen LogP contribution < -0.4 is 9.64 Å². The van der Waals surface area contributed by atoms with Crippen molar-refractivity contribution in [3.8, 4) is 5.75 Å². The van der Waals surface area contributed by atoms with Gasteiger partial charge in [0.05, 0.1) is 22.2 Å². The first-order valence-electron chi connectivity index (χ1n) is 10.5. The van der Waals surface area contributed by atoms with Gasteiger partial charge in [-0.2, -0.15) is 0 Å². The van der Waals surface area contributed by atoms with Gasteiger partial charge in [-0.25, -0.2) is 4.98 Å². The number of Topliss-reactive ketones (excluding diaryl/α,β-unsaturated/α-hetero) is 2. The maximum Gasteiger partial charge on any atom is 0.301 e. The zero-order valence-corrected chi connectivity index (χ0v) is 19.5. The number of thiazole rings is 1. The van der Waals surface area contributed by atoms with Crippen LogP contribution in [-0.4, -0.2) is 34.2 Å². The summed E-state index contributed by atoms with van der Waals surface area (Å²) < 4.78 is 5.64. The van der Waals surface area contributed by atoms with E-state index in [1.165, 1.54) is 11.8 Å². The van der Waals surface area contributed by atoms with E-state index in [0.29, 0.717) is 27.4 Å². The minimum Gasteiger partial charge on any atom is -0.507 e. The van der Waals surface area contributed by atoms with Crippen molar-refractivity contribution in [1.82, 2.24) is 4.98 Å². The molecule has 0 aliphatic carbocycles. The number of benzene rings is 2. The summed E-state index contributed by atoms with van der Waals surface area (Å²) in [7, 11) is 0. The van der Waals surface area contributed by atoms with E-state index in [9.17, 15) is 19.5 Å². The summed E-state index contributed by atoms with van der Waals surface area (Å²) in [6, 6.07) is 14.5. The first kappa shape index (κ1) is 23.1. The van der Waals surface area contributed by atoms with E-state index in [2.05, 4.69) is 11.6 Å². The molecular weight excluding hydrogens is 452 g/mol. The molecule has 4 rings (SSSR count). The van der Waals surface area contributed by atoms with Crippen molar-refractivity contribution < 1.29 is 24.2 Å². The van der Waals surface area contributed by atoms with Gasteiger partial charge in [-0.15, -0.1) is 0 Å². The molecule has 1 unspecified atom stereocenters. The summed E-state index contributed by atoms with van der Waals surface area (Å²) in [4.78, 5) is 44.6. The lowest BCUT2D eigenvalue weighted by molar-refractivity contribution is -0.132. The van der Waals surface area contributed by atoms with Crippen molar-refractivity contribution in [2.75, 3.05) is 11.5 Å². The van der Waals surface area contributed by atoms with Crippen LogP contribution in [0.25, 0.3) is 5.76 Å². The van der Waals surface area contributed by atoms with Gasteiger partial charge in [-0.05, 0) is 24.6 Å². The monoisotopic (exact) mass is 474 g/mol. The van der Waals surface area contributed by atoms with Crippen LogP contribution in [0.5, 0.6) is 5.75 Å². The number of hydrogen-bond donors (Lipinski definition) is 1. The van der Waals surface area contributed by atoms with Crippen molar-refractivity contribution in [1.29, 1.82) is 0 Å². The third-order valence-corrected chi connectivity index (χ3v) is 6.60. The van der Waals surface area contributed by atoms with Crippen LogP contribution in [-0.2, 0) is 9.59 Å². The van der Waals surface area contributed by atoms with Gasteiger partial charge in [0.1, 0.15) is 18.1 Å². The summed E-state index contributed by atoms with van der Waals surface area (Å²) in [5.41, 5.74) is 1.37. The van der Waals surface area contributed by atoms with E-state index in [1.807, 2.05) is 0 Å². The lowest BCUT2D eigenvalue weighted by Gasteiger charge is -2.23. The number of aryl methyl sites for hydroxylation is 1. The second kappa shape index (κ2) is 9.44. The standard InChI is InChI=1S/C26H22N2O5S/c1-4-13-33-19-12-8-11-18(14-19)21-20(22(30)17-9-6-5-7-10-17)23(31)25(32)28(21)26-27-15(2)24(34-26)16(3)29/h4-12,14,21,30H,1,13H2,2-3H3. The van der Waals surface area contributed by atoms with E-state index in [1.54, 1.807) is 67.6 Å². The number of nitrogens with zero attached hydrogens (tertiary/aromatic N) is 2. The summed E-state index contributed by atoms with van der Waals surface area (Å²) in [5, 5.41) is 11.3. The maximum atomic E-state index is 13.3. The van der Waals surface area contributed by atoms with Gasteiger partial charge in [0.25, 0.3) is 5.78 Å². The SMILES string of the molecule is C=CCOc1cccc(C2C(=C(O)c3ccccc3)C(=O)C(=O)N2c2nc(C)c(C(C)=O)s2)c1. The molecular formula is C26H22N2O5S. The average molecular weight is 475 g/mol. The molecule has 8 heteroatoms. The number of aliphatic hydroxyl groups excluding tert-OH is 1. The molecule has 1 fully saturated rings. The van der Waals surface area contributed by atoms with Crippen LogP contribution in [0.4, 0.5) is 5.13 Å². The number of aliphatic hydroxyl groups is 1. The number of ether oxygens (including phenoxy) is 1. The molecule has 0 radical (unpaired) electrons. The van der Waals surface area contributed by atoms with Crippen LogP contribution in [0, 0.1) is 6.92 Å². The fourth-order valence-electron chi connectivity index (χ4n) is 3.84. The number of ketones is 2. The molecule has 172 valence electrons. The number of anilines is 1. The Hall–Kier alpha value is -4.04. The highest BCUT2D eigenvalue weighted by Gasteiger charge is 2.48. The highest BCUT2D eigenvalue weighted by atomic mass is 32.1. The highest BCUT2D eigenvalue weighted by Crippen LogP contribution is 2.44. The van der Waals surface area contributed by atoms with Gasteiger partial charge in [0.2, 0.25) is 0 Å². The van der Waals surface area contributed by atoms with Crippen molar-refractivity contribution in [3.05, 3.63) is 94.5 Å². The molecule has 1 aliphatic rings. The number of carbonyl (C=O) groups excluding carboxylic acids is 3. The third kappa shape index (κ3) is 4.15. The molecule has 1 N–H and O–H groups in total. The van der Waals surface area contributed by atoms with Crippen LogP contribution in [0.15, 0.2) is 72.8 Å². The Morgan fingerprint density at radius 3 is 2.59 bits per heavy atom. The van der Waals surface area contributed by atoms with Crippen LogP contribution in [0.2, 0.25) is 0 Å². The number of carbonyl (C=O) groups is 3. The predicted octanol–water partition coefficient (Wildman–Crippen LogP) is 4.85. The van der Waals surface area contributed by atoms with Crippen molar-refractivity contribution in [2.45, 2.75) is 19.9 Å². The Bertz CT molecular complexity index is 1330. The smallest absolute Gasteiger partial charge is 0.301 e.